The molecule has 6 heterocycles. The Labute approximate surface area is 218 Å². The summed E-state index contributed by atoms with van der Waals surface area (Å²) in [6, 6.07) is 5.70. The minimum atomic E-state index is -0.631. The van der Waals surface area contributed by atoms with Crippen molar-refractivity contribution in [1.82, 2.24) is 15.0 Å². The second kappa shape index (κ2) is 10.0. The number of rotatable bonds is 6. The van der Waals surface area contributed by atoms with Crippen LogP contribution in [0, 0.1) is 0 Å². The normalized spacial score (nSPS) is 20.2. The average molecular weight is 524 g/mol. The molecule has 6 rings (SSSR count). The van der Waals surface area contributed by atoms with Crippen molar-refractivity contribution in [2.24, 2.45) is 5.73 Å². The Morgan fingerprint density at radius 3 is 2.68 bits per heavy atom. The Morgan fingerprint density at radius 2 is 1.92 bits per heavy atom. The van der Waals surface area contributed by atoms with Gasteiger partial charge in [-0.25, -0.2) is 9.97 Å². The van der Waals surface area contributed by atoms with E-state index in [4.69, 9.17) is 29.9 Å². The molecule has 0 radical (unpaired) electrons. The molecule has 3 aromatic heterocycles. The molecule has 2 N–H and O–H groups in total. The van der Waals surface area contributed by atoms with E-state index in [1.807, 2.05) is 11.0 Å². The Morgan fingerprint density at radius 1 is 1.11 bits per heavy atom. The third kappa shape index (κ3) is 4.51. The number of hydrogen-bond acceptors (Lipinski definition) is 11. The summed E-state index contributed by atoms with van der Waals surface area (Å²) >= 11 is 1.59. The fraction of sp³-hybridized carbons (Fsp3) is 0.440. The molecule has 2 fully saturated rings. The summed E-state index contributed by atoms with van der Waals surface area (Å²) in [6.07, 6.45) is 5.79. The molecule has 1 amide bonds. The predicted octanol–water partition coefficient (Wildman–Crippen LogP) is 2.78. The molecule has 0 aromatic carbocycles. The number of fused-ring (bicyclic) bond motifs is 1. The zero-order valence-electron chi connectivity index (χ0n) is 20.6. The average Bonchev–Trinajstić information content (AvgIpc) is 3.58. The fourth-order valence-corrected chi connectivity index (χ4v) is 5.96. The molecule has 3 aliphatic heterocycles. The van der Waals surface area contributed by atoms with Gasteiger partial charge in [0.15, 0.2) is 16.6 Å². The van der Waals surface area contributed by atoms with Gasteiger partial charge in [-0.05, 0) is 31.4 Å². The monoisotopic (exact) mass is 523 g/mol. The minimum absolute atomic E-state index is 0.262. The van der Waals surface area contributed by atoms with Gasteiger partial charge in [-0.3, -0.25) is 9.69 Å². The van der Waals surface area contributed by atoms with Crippen molar-refractivity contribution in [1.29, 1.82) is 0 Å². The van der Waals surface area contributed by atoms with Gasteiger partial charge in [0, 0.05) is 44.0 Å². The van der Waals surface area contributed by atoms with E-state index >= 15 is 0 Å². The maximum Gasteiger partial charge on any atom is 0.268 e. The molecule has 12 heteroatoms. The summed E-state index contributed by atoms with van der Waals surface area (Å²) in [5.41, 5.74) is 8.33. The van der Waals surface area contributed by atoms with Gasteiger partial charge in [0.25, 0.3) is 5.91 Å². The predicted molar refractivity (Wildman–Crippen MR) is 141 cm³/mol. The van der Waals surface area contributed by atoms with Crippen LogP contribution >= 0.6 is 11.3 Å². The number of nitrogens with two attached hydrogens (primary N) is 1. The first-order chi connectivity index (χ1) is 18.1. The highest BCUT2D eigenvalue weighted by atomic mass is 32.1. The summed E-state index contributed by atoms with van der Waals surface area (Å²) in [4.78, 5) is 33.1. The number of primary amides is 1. The van der Waals surface area contributed by atoms with E-state index in [9.17, 15) is 4.79 Å². The number of amides is 1. The molecule has 2 saturated heterocycles. The van der Waals surface area contributed by atoms with Gasteiger partial charge < -0.3 is 29.7 Å². The summed E-state index contributed by atoms with van der Waals surface area (Å²) in [5, 5.41) is 0.923. The number of thiazole rings is 1. The molecule has 11 nitrogen and oxygen atoms in total. The van der Waals surface area contributed by atoms with Crippen LogP contribution in [-0.2, 0) is 14.3 Å². The molecular formula is C25H29N7O4S. The molecule has 1 atom stereocenters. The van der Waals surface area contributed by atoms with Crippen molar-refractivity contribution in [3.63, 3.8) is 0 Å². The first kappa shape index (κ1) is 23.7. The van der Waals surface area contributed by atoms with E-state index in [-0.39, 0.29) is 5.70 Å². The molecule has 0 spiro atoms. The van der Waals surface area contributed by atoms with Gasteiger partial charge in [0.05, 0.1) is 30.7 Å². The van der Waals surface area contributed by atoms with Gasteiger partial charge in [0.1, 0.15) is 12.0 Å². The Kier molecular flexibility index (Phi) is 6.43. The number of carbonyl (C=O) groups excluding carboxylic acids is 1. The molecule has 0 saturated carbocycles. The molecule has 194 valence electrons. The molecule has 3 aromatic rings. The highest BCUT2D eigenvalue weighted by Gasteiger charge is 2.37. The number of carbonyl (C=O) groups is 1. The van der Waals surface area contributed by atoms with Crippen molar-refractivity contribution in [2.75, 3.05) is 61.2 Å². The van der Waals surface area contributed by atoms with E-state index < -0.39 is 12.1 Å². The van der Waals surface area contributed by atoms with Gasteiger partial charge >= 0.3 is 0 Å². The van der Waals surface area contributed by atoms with E-state index in [1.165, 1.54) is 12.7 Å². The second-order valence-electron chi connectivity index (χ2n) is 9.15. The molecular weight excluding hydrogens is 494 g/mol. The molecule has 37 heavy (non-hydrogen) atoms. The van der Waals surface area contributed by atoms with Crippen LogP contribution < -0.4 is 25.2 Å². The zero-order valence-corrected chi connectivity index (χ0v) is 21.4. The quantitative estimate of drug-likeness (QED) is 0.516. The van der Waals surface area contributed by atoms with Crippen LogP contribution in [0.15, 0.2) is 36.4 Å². The molecule has 3 aliphatic rings. The summed E-state index contributed by atoms with van der Waals surface area (Å²) in [5.74, 6) is 0.650. The number of pyridine rings is 2. The number of nitrogens with zero attached hydrogens (tertiary/aromatic N) is 6. The number of anilines is 3. The van der Waals surface area contributed by atoms with Crippen LogP contribution in [0.5, 0.6) is 5.88 Å². The van der Waals surface area contributed by atoms with E-state index in [1.54, 1.807) is 30.7 Å². The lowest BCUT2D eigenvalue weighted by atomic mass is 10.1. The molecule has 1 unspecified atom stereocenters. The van der Waals surface area contributed by atoms with Crippen LogP contribution in [0.1, 0.15) is 31.1 Å². The fourth-order valence-electron chi connectivity index (χ4n) is 4.96. The topological polar surface area (TPSA) is 119 Å². The minimum Gasteiger partial charge on any atom is -0.481 e. The number of piperidine rings is 1. The van der Waals surface area contributed by atoms with E-state index in [0.29, 0.717) is 24.7 Å². The zero-order chi connectivity index (χ0) is 25.4. The van der Waals surface area contributed by atoms with Crippen LogP contribution in [-0.4, -0.2) is 67.4 Å². The number of hydrogen-bond donors (Lipinski definition) is 1. The molecule has 0 bridgehead atoms. The van der Waals surface area contributed by atoms with Crippen molar-refractivity contribution >= 4 is 44.2 Å². The smallest absolute Gasteiger partial charge is 0.268 e. The summed E-state index contributed by atoms with van der Waals surface area (Å²) < 4.78 is 17.8. The lowest BCUT2D eigenvalue weighted by Gasteiger charge is -2.34. The van der Waals surface area contributed by atoms with Crippen molar-refractivity contribution < 1.29 is 19.0 Å². The lowest BCUT2D eigenvalue weighted by Crippen LogP contribution is -2.36. The first-order valence-electron chi connectivity index (χ1n) is 12.5. The third-order valence-electron chi connectivity index (χ3n) is 6.84. The Hall–Kier alpha value is -3.64. The van der Waals surface area contributed by atoms with E-state index in [2.05, 4.69) is 20.9 Å². The summed E-state index contributed by atoms with van der Waals surface area (Å²) in [6.45, 7) is 4.72. The SMILES string of the molecule is COc1cc(C2OC=C(C(N)=O)N2c2cc3sc(N4CCOCC4)nc3nc2N2CCCCC2)ccn1. The van der Waals surface area contributed by atoms with Crippen molar-refractivity contribution in [3.05, 3.63) is 41.9 Å². The van der Waals surface area contributed by atoms with Crippen LogP contribution in [0.25, 0.3) is 10.3 Å². The highest BCUT2D eigenvalue weighted by molar-refractivity contribution is 7.22. The van der Waals surface area contributed by atoms with Crippen molar-refractivity contribution in [2.45, 2.75) is 25.5 Å². The van der Waals surface area contributed by atoms with E-state index in [0.717, 1.165) is 65.9 Å². The van der Waals surface area contributed by atoms with Crippen LogP contribution in [0.2, 0.25) is 0 Å². The Bertz CT molecular complexity index is 1330. The van der Waals surface area contributed by atoms with Gasteiger partial charge in [-0.2, -0.15) is 4.98 Å². The lowest BCUT2D eigenvalue weighted by molar-refractivity contribution is -0.114. The van der Waals surface area contributed by atoms with Gasteiger partial charge in [-0.15, -0.1) is 0 Å². The molecule has 0 aliphatic carbocycles. The maximum absolute atomic E-state index is 12.6. The summed E-state index contributed by atoms with van der Waals surface area (Å²) in [7, 11) is 1.56. The van der Waals surface area contributed by atoms with Crippen LogP contribution in [0.4, 0.5) is 16.6 Å². The standard InChI is InChI=1S/C25H29N7O4S/c1-34-20-13-16(5-6-27-20)24-32(18(15-36-24)21(26)33)17-14-19-22(28-23(17)30-7-3-2-4-8-30)29-25(37-19)31-9-11-35-12-10-31/h5-6,13-15,24H,2-4,7-12H2,1H3,(H2,26,33). The largest absolute Gasteiger partial charge is 0.481 e. The van der Waals surface area contributed by atoms with Gasteiger partial charge in [-0.1, -0.05) is 11.3 Å². The third-order valence-corrected chi connectivity index (χ3v) is 7.89. The highest BCUT2D eigenvalue weighted by Crippen LogP contribution is 2.44. The first-order valence-corrected chi connectivity index (χ1v) is 13.3. The van der Waals surface area contributed by atoms with Gasteiger partial charge in [0.2, 0.25) is 12.1 Å². The Balaban J connectivity index is 1.49. The van der Waals surface area contributed by atoms with Crippen LogP contribution in [0.3, 0.4) is 0 Å². The number of aromatic nitrogens is 3. The maximum atomic E-state index is 12.6. The number of ether oxygens (including phenoxy) is 3. The van der Waals surface area contributed by atoms with Crippen molar-refractivity contribution in [3.8, 4) is 5.88 Å². The second-order valence-corrected chi connectivity index (χ2v) is 10.2. The number of morpholine rings is 1. The number of methoxy groups -OCH3 is 1.